The fraction of sp³-hybridized carbons (Fsp3) is 1.00. The van der Waals surface area contributed by atoms with Gasteiger partial charge in [-0.05, 0) is 31.7 Å². The van der Waals surface area contributed by atoms with Gasteiger partial charge in [-0.2, -0.15) is 0 Å². The molecule has 1 atom stereocenters. The molecule has 2 heteroatoms. The third-order valence-electron chi connectivity index (χ3n) is 2.96. The van der Waals surface area contributed by atoms with E-state index in [1.807, 2.05) is 0 Å². The van der Waals surface area contributed by atoms with E-state index < -0.39 is 0 Å². The zero-order chi connectivity index (χ0) is 10.4. The Morgan fingerprint density at radius 1 is 1.36 bits per heavy atom. The normalized spacial score (nSPS) is 18.9. The van der Waals surface area contributed by atoms with Crippen molar-refractivity contribution in [1.29, 1.82) is 0 Å². The molecular weight excluding hydrogens is 174 g/mol. The molecule has 0 aromatic carbocycles. The highest BCUT2D eigenvalue weighted by atomic mass is 16.5. The van der Waals surface area contributed by atoms with Crippen molar-refractivity contribution in [1.82, 2.24) is 5.32 Å². The Morgan fingerprint density at radius 3 is 2.57 bits per heavy atom. The highest BCUT2D eigenvalue weighted by molar-refractivity contribution is 4.76. The maximum atomic E-state index is 5.47. The van der Waals surface area contributed by atoms with Gasteiger partial charge in [0, 0.05) is 12.6 Å². The molecule has 1 N–H and O–H groups in total. The fourth-order valence-corrected chi connectivity index (χ4v) is 1.61. The maximum Gasteiger partial charge on any atom is 0.0621 e. The van der Waals surface area contributed by atoms with Crippen molar-refractivity contribution in [2.45, 2.75) is 46.1 Å². The van der Waals surface area contributed by atoms with Gasteiger partial charge in [-0.1, -0.05) is 26.7 Å². The molecule has 2 nitrogen and oxygen atoms in total. The van der Waals surface area contributed by atoms with Crippen LogP contribution in [0.2, 0.25) is 0 Å². The van der Waals surface area contributed by atoms with Crippen molar-refractivity contribution in [2.75, 3.05) is 19.8 Å². The maximum absolute atomic E-state index is 5.47. The van der Waals surface area contributed by atoms with E-state index in [1.54, 1.807) is 0 Å². The van der Waals surface area contributed by atoms with E-state index in [-0.39, 0.29) is 0 Å². The lowest BCUT2D eigenvalue weighted by Gasteiger charge is -2.22. The van der Waals surface area contributed by atoms with Crippen molar-refractivity contribution in [3.63, 3.8) is 0 Å². The van der Waals surface area contributed by atoms with Gasteiger partial charge in [0.1, 0.15) is 0 Å². The molecule has 0 aromatic heterocycles. The molecule has 1 aliphatic carbocycles. The van der Waals surface area contributed by atoms with E-state index in [2.05, 4.69) is 26.1 Å². The average molecular weight is 199 g/mol. The highest BCUT2D eigenvalue weighted by Crippen LogP contribution is 2.31. The smallest absolute Gasteiger partial charge is 0.0621 e. The standard InChI is InChI=1S/C12H25NO/c1-4-14-9-12(10(2)3)13-8-7-11-5-6-11/h10-13H,4-9H2,1-3H3. The second-order valence-electron chi connectivity index (χ2n) is 4.70. The molecule has 0 bridgehead atoms. The van der Waals surface area contributed by atoms with Crippen molar-refractivity contribution in [2.24, 2.45) is 11.8 Å². The molecule has 0 spiro atoms. The van der Waals surface area contributed by atoms with Gasteiger partial charge in [0.25, 0.3) is 0 Å². The van der Waals surface area contributed by atoms with Crippen LogP contribution in [0.4, 0.5) is 0 Å². The van der Waals surface area contributed by atoms with Crippen molar-refractivity contribution in [3.8, 4) is 0 Å². The monoisotopic (exact) mass is 199 g/mol. The molecule has 1 unspecified atom stereocenters. The van der Waals surface area contributed by atoms with E-state index >= 15 is 0 Å². The van der Waals surface area contributed by atoms with Crippen LogP contribution < -0.4 is 5.32 Å². The van der Waals surface area contributed by atoms with Gasteiger partial charge in [-0.15, -0.1) is 0 Å². The minimum absolute atomic E-state index is 0.536. The largest absolute Gasteiger partial charge is 0.380 e. The molecule has 1 aliphatic rings. The lowest BCUT2D eigenvalue weighted by atomic mass is 10.1. The fourth-order valence-electron chi connectivity index (χ4n) is 1.61. The molecule has 0 amide bonds. The predicted octanol–water partition coefficient (Wildman–Crippen LogP) is 2.44. The van der Waals surface area contributed by atoms with Gasteiger partial charge < -0.3 is 10.1 Å². The molecule has 0 aliphatic heterocycles. The van der Waals surface area contributed by atoms with Gasteiger partial charge in [0.2, 0.25) is 0 Å². The van der Waals surface area contributed by atoms with Crippen LogP contribution in [0.3, 0.4) is 0 Å². The first-order valence-electron chi connectivity index (χ1n) is 6.05. The Labute approximate surface area is 88.4 Å². The number of nitrogens with one attached hydrogen (secondary N) is 1. The summed E-state index contributed by atoms with van der Waals surface area (Å²) < 4.78 is 5.47. The summed E-state index contributed by atoms with van der Waals surface area (Å²) in [7, 11) is 0. The molecular formula is C12H25NO. The van der Waals surface area contributed by atoms with Crippen molar-refractivity contribution in [3.05, 3.63) is 0 Å². The van der Waals surface area contributed by atoms with Crippen LogP contribution in [-0.4, -0.2) is 25.8 Å². The van der Waals surface area contributed by atoms with Crippen LogP contribution in [-0.2, 0) is 4.74 Å². The first-order valence-corrected chi connectivity index (χ1v) is 6.05. The Hall–Kier alpha value is -0.0800. The zero-order valence-electron chi connectivity index (χ0n) is 9.88. The third kappa shape index (κ3) is 4.97. The molecule has 0 aromatic rings. The molecule has 0 radical (unpaired) electrons. The minimum Gasteiger partial charge on any atom is -0.380 e. The Bertz CT molecular complexity index is 143. The minimum atomic E-state index is 0.536. The van der Waals surface area contributed by atoms with Crippen LogP contribution in [0.5, 0.6) is 0 Å². The lowest BCUT2D eigenvalue weighted by molar-refractivity contribution is 0.108. The van der Waals surface area contributed by atoms with E-state index in [0.717, 1.165) is 19.1 Å². The van der Waals surface area contributed by atoms with Crippen molar-refractivity contribution < 1.29 is 4.74 Å². The summed E-state index contributed by atoms with van der Waals surface area (Å²) in [6.45, 7) is 9.43. The van der Waals surface area contributed by atoms with Gasteiger partial charge in [0.15, 0.2) is 0 Å². The topological polar surface area (TPSA) is 21.3 Å². The number of ether oxygens (including phenoxy) is 1. The van der Waals surface area contributed by atoms with Gasteiger partial charge in [0.05, 0.1) is 6.61 Å². The molecule has 14 heavy (non-hydrogen) atoms. The van der Waals surface area contributed by atoms with Gasteiger partial charge in [-0.3, -0.25) is 0 Å². The first-order chi connectivity index (χ1) is 6.74. The summed E-state index contributed by atoms with van der Waals surface area (Å²) in [6, 6.07) is 0.536. The lowest BCUT2D eigenvalue weighted by Crippen LogP contribution is -2.38. The number of hydrogen-bond donors (Lipinski definition) is 1. The second kappa shape index (κ2) is 6.41. The van der Waals surface area contributed by atoms with Crippen LogP contribution >= 0.6 is 0 Å². The van der Waals surface area contributed by atoms with Crippen LogP contribution in [0.15, 0.2) is 0 Å². The van der Waals surface area contributed by atoms with Crippen molar-refractivity contribution >= 4 is 0 Å². The molecule has 0 heterocycles. The average Bonchev–Trinajstić information content (AvgIpc) is 2.94. The second-order valence-corrected chi connectivity index (χ2v) is 4.70. The quantitative estimate of drug-likeness (QED) is 0.648. The SMILES string of the molecule is CCOCC(NCCC1CC1)C(C)C. The zero-order valence-corrected chi connectivity index (χ0v) is 9.88. The summed E-state index contributed by atoms with van der Waals surface area (Å²) in [5.74, 6) is 1.70. The number of rotatable bonds is 8. The molecule has 1 rings (SSSR count). The Balaban J connectivity index is 2.06. The number of hydrogen-bond acceptors (Lipinski definition) is 2. The first kappa shape index (κ1) is 12.0. The highest BCUT2D eigenvalue weighted by Gasteiger charge is 2.21. The predicted molar refractivity (Wildman–Crippen MR) is 60.5 cm³/mol. The van der Waals surface area contributed by atoms with Crippen LogP contribution in [0, 0.1) is 11.8 Å². The summed E-state index contributed by atoms with van der Waals surface area (Å²) in [6.07, 6.45) is 4.27. The van der Waals surface area contributed by atoms with Crippen LogP contribution in [0.25, 0.3) is 0 Å². The Kier molecular flexibility index (Phi) is 5.49. The molecule has 0 saturated heterocycles. The molecule has 1 saturated carbocycles. The van der Waals surface area contributed by atoms with E-state index in [1.165, 1.54) is 25.8 Å². The third-order valence-corrected chi connectivity index (χ3v) is 2.96. The molecule has 84 valence electrons. The summed E-state index contributed by atoms with van der Waals surface area (Å²) in [5.41, 5.74) is 0. The molecule has 1 fully saturated rings. The van der Waals surface area contributed by atoms with E-state index in [0.29, 0.717) is 12.0 Å². The summed E-state index contributed by atoms with van der Waals surface area (Å²) in [4.78, 5) is 0. The summed E-state index contributed by atoms with van der Waals surface area (Å²) in [5, 5.41) is 3.60. The van der Waals surface area contributed by atoms with Crippen LogP contribution in [0.1, 0.15) is 40.0 Å². The van der Waals surface area contributed by atoms with E-state index in [9.17, 15) is 0 Å². The van der Waals surface area contributed by atoms with Gasteiger partial charge >= 0.3 is 0 Å². The van der Waals surface area contributed by atoms with Gasteiger partial charge in [-0.25, -0.2) is 0 Å². The Morgan fingerprint density at radius 2 is 2.07 bits per heavy atom. The van der Waals surface area contributed by atoms with E-state index in [4.69, 9.17) is 4.74 Å². The summed E-state index contributed by atoms with van der Waals surface area (Å²) >= 11 is 0.